The standard InChI is InChI=1S/C14H18BrN3O4/c1-21-12-7-11(15)6-10(14(12)20)8-16-17-13(19)9-18-2-4-22-5-3-18/h6-8,20H,2-5,9H2,1H3,(H,17,19)/b16-8-. The predicted octanol–water partition coefficient (Wildman–Crippen LogP) is 0.946. The van der Waals surface area contributed by atoms with Gasteiger partial charge in [-0.2, -0.15) is 5.10 Å². The minimum Gasteiger partial charge on any atom is -0.504 e. The molecule has 1 heterocycles. The van der Waals surface area contributed by atoms with Gasteiger partial charge in [-0.25, -0.2) is 5.43 Å². The molecule has 8 heteroatoms. The number of methoxy groups -OCH3 is 1. The molecule has 1 aliphatic rings. The number of hydrogen-bond donors (Lipinski definition) is 2. The number of phenols is 1. The first-order chi connectivity index (χ1) is 10.6. The van der Waals surface area contributed by atoms with Crippen LogP contribution in [0.2, 0.25) is 0 Å². The number of amides is 1. The number of nitrogens with zero attached hydrogens (tertiary/aromatic N) is 2. The van der Waals surface area contributed by atoms with Gasteiger partial charge in [0.25, 0.3) is 5.91 Å². The van der Waals surface area contributed by atoms with E-state index in [2.05, 4.69) is 26.5 Å². The van der Waals surface area contributed by atoms with Gasteiger partial charge in [0.15, 0.2) is 11.5 Å². The van der Waals surface area contributed by atoms with Crippen LogP contribution in [-0.2, 0) is 9.53 Å². The SMILES string of the molecule is COc1cc(Br)cc(/C=N\NC(=O)CN2CCOCC2)c1O. The Bertz CT molecular complexity index is 559. The molecular weight excluding hydrogens is 354 g/mol. The van der Waals surface area contributed by atoms with Gasteiger partial charge in [0.05, 0.1) is 33.1 Å². The smallest absolute Gasteiger partial charge is 0.254 e. The van der Waals surface area contributed by atoms with Crippen molar-refractivity contribution in [3.63, 3.8) is 0 Å². The average Bonchev–Trinajstić information content (AvgIpc) is 2.51. The molecule has 120 valence electrons. The first-order valence-corrected chi connectivity index (χ1v) is 7.58. The van der Waals surface area contributed by atoms with Gasteiger partial charge in [0.1, 0.15) is 0 Å². The Kier molecular flexibility index (Phi) is 6.17. The van der Waals surface area contributed by atoms with Crippen LogP contribution in [0.5, 0.6) is 11.5 Å². The van der Waals surface area contributed by atoms with Gasteiger partial charge < -0.3 is 14.6 Å². The summed E-state index contributed by atoms with van der Waals surface area (Å²) in [6, 6.07) is 3.32. The quantitative estimate of drug-likeness (QED) is 0.594. The van der Waals surface area contributed by atoms with Crippen molar-refractivity contribution in [1.29, 1.82) is 0 Å². The highest BCUT2D eigenvalue weighted by Gasteiger charge is 2.13. The molecule has 0 saturated carbocycles. The second-order valence-electron chi connectivity index (χ2n) is 4.73. The number of rotatable bonds is 5. The molecule has 0 spiro atoms. The van der Waals surface area contributed by atoms with Crippen molar-refractivity contribution < 1.29 is 19.4 Å². The van der Waals surface area contributed by atoms with Crippen LogP contribution in [-0.4, -0.2) is 62.1 Å². The highest BCUT2D eigenvalue weighted by atomic mass is 79.9. The van der Waals surface area contributed by atoms with E-state index in [0.717, 1.165) is 17.6 Å². The lowest BCUT2D eigenvalue weighted by atomic mass is 10.2. The van der Waals surface area contributed by atoms with Crippen LogP contribution in [0.4, 0.5) is 0 Å². The second-order valence-corrected chi connectivity index (χ2v) is 5.64. The summed E-state index contributed by atoms with van der Waals surface area (Å²) in [7, 11) is 1.46. The summed E-state index contributed by atoms with van der Waals surface area (Å²) in [5.74, 6) is 0.0898. The third kappa shape index (κ3) is 4.69. The molecule has 0 bridgehead atoms. The van der Waals surface area contributed by atoms with E-state index < -0.39 is 0 Å². The summed E-state index contributed by atoms with van der Waals surface area (Å²) in [5.41, 5.74) is 2.89. The molecule has 1 saturated heterocycles. The first kappa shape index (κ1) is 16.7. The Labute approximate surface area is 137 Å². The number of nitrogens with one attached hydrogen (secondary N) is 1. The molecule has 1 aliphatic heterocycles. The lowest BCUT2D eigenvalue weighted by Crippen LogP contribution is -2.42. The minimum atomic E-state index is -0.209. The number of phenolic OH excluding ortho intramolecular Hbond substituents is 1. The third-order valence-corrected chi connectivity index (χ3v) is 3.61. The second kappa shape index (κ2) is 8.11. The summed E-state index contributed by atoms with van der Waals surface area (Å²) < 4.78 is 11.0. The average molecular weight is 372 g/mol. The highest BCUT2D eigenvalue weighted by Crippen LogP contribution is 2.32. The fraction of sp³-hybridized carbons (Fsp3) is 0.429. The van der Waals surface area contributed by atoms with Crippen molar-refractivity contribution >= 4 is 28.1 Å². The minimum absolute atomic E-state index is 0.0307. The number of ether oxygens (including phenoxy) is 2. The van der Waals surface area contributed by atoms with Crippen molar-refractivity contribution in [2.75, 3.05) is 40.0 Å². The number of hydrogen-bond acceptors (Lipinski definition) is 6. The van der Waals surface area contributed by atoms with Gasteiger partial charge in [-0.1, -0.05) is 15.9 Å². The van der Waals surface area contributed by atoms with Gasteiger partial charge >= 0.3 is 0 Å². The zero-order valence-electron chi connectivity index (χ0n) is 12.2. The number of benzene rings is 1. The van der Waals surface area contributed by atoms with E-state index >= 15 is 0 Å². The molecule has 0 radical (unpaired) electrons. The Hall–Kier alpha value is -1.64. The molecule has 2 N–H and O–H groups in total. The molecule has 0 aromatic heterocycles. The maximum atomic E-state index is 11.8. The van der Waals surface area contributed by atoms with Crippen LogP contribution in [0.15, 0.2) is 21.7 Å². The Morgan fingerprint density at radius 1 is 1.55 bits per heavy atom. The fourth-order valence-electron chi connectivity index (χ4n) is 2.02. The molecule has 1 amide bonds. The lowest BCUT2D eigenvalue weighted by molar-refractivity contribution is -0.123. The van der Waals surface area contributed by atoms with Gasteiger partial charge in [-0.15, -0.1) is 0 Å². The summed E-state index contributed by atoms with van der Waals surface area (Å²) in [6.07, 6.45) is 1.37. The third-order valence-electron chi connectivity index (χ3n) is 3.15. The van der Waals surface area contributed by atoms with Gasteiger partial charge in [0, 0.05) is 23.1 Å². The maximum Gasteiger partial charge on any atom is 0.254 e. The lowest BCUT2D eigenvalue weighted by Gasteiger charge is -2.25. The molecule has 1 aromatic carbocycles. The van der Waals surface area contributed by atoms with Gasteiger partial charge in [0.2, 0.25) is 0 Å². The van der Waals surface area contributed by atoms with E-state index in [4.69, 9.17) is 9.47 Å². The molecule has 0 unspecified atom stereocenters. The molecule has 1 aromatic rings. The van der Waals surface area contributed by atoms with Gasteiger partial charge in [-0.3, -0.25) is 9.69 Å². The monoisotopic (exact) mass is 371 g/mol. The molecule has 1 fully saturated rings. The van der Waals surface area contributed by atoms with Crippen molar-refractivity contribution in [3.05, 3.63) is 22.2 Å². The Morgan fingerprint density at radius 2 is 2.27 bits per heavy atom. The van der Waals surface area contributed by atoms with E-state index in [1.54, 1.807) is 12.1 Å². The Balaban J connectivity index is 1.91. The van der Waals surface area contributed by atoms with Crippen molar-refractivity contribution in [3.8, 4) is 11.5 Å². The number of carbonyl (C=O) groups is 1. The number of halogens is 1. The number of morpholine rings is 1. The predicted molar refractivity (Wildman–Crippen MR) is 85.4 cm³/mol. The summed E-state index contributed by atoms with van der Waals surface area (Å²) in [6.45, 7) is 3.03. The summed E-state index contributed by atoms with van der Waals surface area (Å²) >= 11 is 3.32. The van der Waals surface area contributed by atoms with Crippen LogP contribution >= 0.6 is 15.9 Å². The van der Waals surface area contributed by atoms with Crippen molar-refractivity contribution in [1.82, 2.24) is 10.3 Å². The van der Waals surface area contributed by atoms with E-state index in [-0.39, 0.29) is 18.2 Å². The molecule has 0 atom stereocenters. The number of hydrazone groups is 1. The first-order valence-electron chi connectivity index (χ1n) is 6.78. The van der Waals surface area contributed by atoms with Crippen LogP contribution in [0.1, 0.15) is 5.56 Å². The molecule has 7 nitrogen and oxygen atoms in total. The van der Waals surface area contributed by atoms with Crippen LogP contribution in [0.25, 0.3) is 0 Å². The molecule has 2 rings (SSSR count). The normalized spacial score (nSPS) is 15.9. The number of carbonyl (C=O) groups excluding carboxylic acids is 1. The number of aromatic hydroxyl groups is 1. The van der Waals surface area contributed by atoms with E-state index in [1.165, 1.54) is 13.3 Å². The zero-order chi connectivity index (χ0) is 15.9. The summed E-state index contributed by atoms with van der Waals surface area (Å²) in [4.78, 5) is 13.8. The van der Waals surface area contributed by atoms with Crippen LogP contribution in [0, 0.1) is 0 Å². The largest absolute Gasteiger partial charge is 0.504 e. The Morgan fingerprint density at radius 3 is 2.95 bits per heavy atom. The highest BCUT2D eigenvalue weighted by molar-refractivity contribution is 9.10. The van der Waals surface area contributed by atoms with Crippen molar-refractivity contribution in [2.24, 2.45) is 5.10 Å². The van der Waals surface area contributed by atoms with Crippen LogP contribution in [0.3, 0.4) is 0 Å². The molecular formula is C14H18BrN3O4. The van der Waals surface area contributed by atoms with Crippen molar-refractivity contribution in [2.45, 2.75) is 0 Å². The summed E-state index contributed by atoms with van der Waals surface area (Å²) in [5, 5.41) is 13.8. The van der Waals surface area contributed by atoms with Gasteiger partial charge in [-0.05, 0) is 12.1 Å². The molecule has 22 heavy (non-hydrogen) atoms. The topological polar surface area (TPSA) is 83.4 Å². The fourth-order valence-corrected chi connectivity index (χ4v) is 2.47. The van der Waals surface area contributed by atoms with E-state index in [9.17, 15) is 9.90 Å². The zero-order valence-corrected chi connectivity index (χ0v) is 13.8. The maximum absolute atomic E-state index is 11.8. The molecule has 0 aliphatic carbocycles. The van der Waals surface area contributed by atoms with Crippen LogP contribution < -0.4 is 10.2 Å². The van der Waals surface area contributed by atoms with E-state index in [0.29, 0.717) is 24.5 Å². The van der Waals surface area contributed by atoms with E-state index in [1.807, 2.05) is 4.90 Å².